The maximum Gasteiger partial charge on any atom is 0.237 e. The number of likely N-dealkylation sites (tertiary alicyclic amines) is 1. The van der Waals surface area contributed by atoms with E-state index in [9.17, 15) is 13.2 Å². The number of carbonyl (C=O) groups excluding carboxylic acids is 1. The van der Waals surface area contributed by atoms with Crippen LogP contribution in [0, 0.1) is 0 Å². The predicted molar refractivity (Wildman–Crippen MR) is 88.2 cm³/mol. The Labute approximate surface area is 142 Å². The summed E-state index contributed by atoms with van der Waals surface area (Å²) in [5.41, 5.74) is 0.760. The molecule has 7 nitrogen and oxygen atoms in total. The molecule has 0 aromatic heterocycles. The number of hydrogen-bond donors (Lipinski definition) is 0. The third-order valence-electron chi connectivity index (χ3n) is 4.29. The summed E-state index contributed by atoms with van der Waals surface area (Å²) in [5, 5.41) is 0. The monoisotopic (exact) mass is 354 g/mol. The lowest BCUT2D eigenvalue weighted by Gasteiger charge is -2.29. The first-order valence-electron chi connectivity index (χ1n) is 8.05. The molecule has 8 heteroatoms. The molecule has 132 valence electrons. The molecular weight excluding hydrogens is 332 g/mol. The fourth-order valence-electron chi connectivity index (χ4n) is 2.93. The second-order valence-electron chi connectivity index (χ2n) is 6.16. The minimum absolute atomic E-state index is 0.132. The van der Waals surface area contributed by atoms with Gasteiger partial charge < -0.3 is 14.4 Å². The molecular formula is C16H22N2O5S. The lowest BCUT2D eigenvalue weighted by atomic mass is 10.1. The highest BCUT2D eigenvalue weighted by atomic mass is 32.2. The molecule has 0 aliphatic carbocycles. The van der Waals surface area contributed by atoms with E-state index in [1.807, 2.05) is 0 Å². The standard InChI is InChI=1S/C16H22N2O5S/c1-24(20,21)18(11-16(19)17-7-3-2-4-8-17)10-13-5-6-14-15(9-13)23-12-22-14/h5-6,9H,2-4,7-8,10-12H2,1H3. The smallest absolute Gasteiger partial charge is 0.237 e. The van der Waals surface area contributed by atoms with Gasteiger partial charge in [0.05, 0.1) is 12.8 Å². The average molecular weight is 354 g/mol. The number of rotatable bonds is 5. The number of piperidine rings is 1. The number of fused-ring (bicyclic) bond motifs is 1. The van der Waals surface area contributed by atoms with Crippen molar-refractivity contribution in [1.82, 2.24) is 9.21 Å². The zero-order valence-electron chi connectivity index (χ0n) is 13.7. The molecule has 0 atom stereocenters. The largest absolute Gasteiger partial charge is 0.454 e. The van der Waals surface area contributed by atoms with Crippen molar-refractivity contribution in [1.29, 1.82) is 0 Å². The van der Waals surface area contributed by atoms with Crippen molar-refractivity contribution >= 4 is 15.9 Å². The topological polar surface area (TPSA) is 76.2 Å². The maximum atomic E-state index is 12.4. The number of nitrogens with zero attached hydrogens (tertiary/aromatic N) is 2. The summed E-state index contributed by atoms with van der Waals surface area (Å²) >= 11 is 0. The Bertz CT molecular complexity index is 713. The summed E-state index contributed by atoms with van der Waals surface area (Å²) in [4.78, 5) is 14.2. The van der Waals surface area contributed by atoms with Gasteiger partial charge in [0.1, 0.15) is 0 Å². The van der Waals surface area contributed by atoms with E-state index < -0.39 is 10.0 Å². The van der Waals surface area contributed by atoms with Crippen LogP contribution in [-0.2, 0) is 21.4 Å². The predicted octanol–water partition coefficient (Wildman–Crippen LogP) is 1.19. The normalized spacial score (nSPS) is 17.3. The molecule has 0 unspecified atom stereocenters. The van der Waals surface area contributed by atoms with Gasteiger partial charge in [-0.25, -0.2) is 8.42 Å². The zero-order valence-corrected chi connectivity index (χ0v) is 14.5. The number of benzene rings is 1. The lowest BCUT2D eigenvalue weighted by Crippen LogP contribution is -2.44. The van der Waals surface area contributed by atoms with Crippen LogP contribution >= 0.6 is 0 Å². The van der Waals surface area contributed by atoms with E-state index in [1.165, 1.54) is 4.31 Å². The van der Waals surface area contributed by atoms with E-state index >= 15 is 0 Å². The van der Waals surface area contributed by atoms with E-state index in [0.29, 0.717) is 24.6 Å². The number of ether oxygens (including phenoxy) is 2. The van der Waals surface area contributed by atoms with Gasteiger partial charge in [-0.3, -0.25) is 4.79 Å². The Balaban J connectivity index is 1.71. The van der Waals surface area contributed by atoms with Crippen LogP contribution in [0.15, 0.2) is 18.2 Å². The van der Waals surface area contributed by atoms with Crippen LogP contribution < -0.4 is 9.47 Å². The fraction of sp³-hybridized carbons (Fsp3) is 0.562. The third kappa shape index (κ3) is 3.99. The highest BCUT2D eigenvalue weighted by Gasteiger charge is 2.25. The first-order chi connectivity index (χ1) is 11.4. The molecule has 0 N–H and O–H groups in total. The number of sulfonamides is 1. The van der Waals surface area contributed by atoms with Crippen LogP contribution in [0.5, 0.6) is 11.5 Å². The van der Waals surface area contributed by atoms with Crippen molar-refractivity contribution < 1.29 is 22.7 Å². The molecule has 1 saturated heterocycles. The Morgan fingerprint density at radius 2 is 1.88 bits per heavy atom. The van der Waals surface area contributed by atoms with Crippen molar-refractivity contribution in [3.8, 4) is 11.5 Å². The van der Waals surface area contributed by atoms with E-state index in [-0.39, 0.29) is 25.8 Å². The highest BCUT2D eigenvalue weighted by molar-refractivity contribution is 7.88. The highest BCUT2D eigenvalue weighted by Crippen LogP contribution is 2.33. The van der Waals surface area contributed by atoms with Crippen molar-refractivity contribution in [2.75, 3.05) is 32.7 Å². The number of amides is 1. The second-order valence-corrected chi connectivity index (χ2v) is 8.14. The van der Waals surface area contributed by atoms with Gasteiger partial charge in [0.15, 0.2) is 11.5 Å². The molecule has 1 amide bonds. The molecule has 0 bridgehead atoms. The van der Waals surface area contributed by atoms with E-state index in [0.717, 1.165) is 31.1 Å². The van der Waals surface area contributed by atoms with Crippen LogP contribution in [-0.4, -0.2) is 56.2 Å². The molecule has 1 fully saturated rings. The SMILES string of the molecule is CS(=O)(=O)N(CC(=O)N1CCCCC1)Cc1ccc2c(c1)OCO2. The lowest BCUT2D eigenvalue weighted by molar-refractivity contribution is -0.132. The van der Waals surface area contributed by atoms with Crippen molar-refractivity contribution in [3.63, 3.8) is 0 Å². The molecule has 0 spiro atoms. The maximum absolute atomic E-state index is 12.4. The fourth-order valence-corrected chi connectivity index (χ4v) is 3.66. The Hall–Kier alpha value is -1.80. The van der Waals surface area contributed by atoms with Gasteiger partial charge in [0.25, 0.3) is 0 Å². The minimum Gasteiger partial charge on any atom is -0.454 e. The third-order valence-corrected chi connectivity index (χ3v) is 5.48. The van der Waals surface area contributed by atoms with Gasteiger partial charge in [0.2, 0.25) is 22.7 Å². The van der Waals surface area contributed by atoms with Crippen LogP contribution in [0.3, 0.4) is 0 Å². The van der Waals surface area contributed by atoms with Crippen molar-refractivity contribution in [3.05, 3.63) is 23.8 Å². The zero-order chi connectivity index (χ0) is 17.2. The summed E-state index contributed by atoms with van der Waals surface area (Å²) in [5.74, 6) is 1.11. The quantitative estimate of drug-likeness (QED) is 0.794. The number of carbonyl (C=O) groups is 1. The summed E-state index contributed by atoms with van der Waals surface area (Å²) in [6.45, 7) is 1.59. The average Bonchev–Trinajstić information content (AvgIpc) is 3.02. The molecule has 3 rings (SSSR count). The molecule has 2 aliphatic heterocycles. The van der Waals surface area contributed by atoms with Crippen LogP contribution in [0.4, 0.5) is 0 Å². The summed E-state index contributed by atoms with van der Waals surface area (Å²) in [6, 6.07) is 5.30. The minimum atomic E-state index is -3.50. The van der Waals surface area contributed by atoms with Gasteiger partial charge in [-0.05, 0) is 37.0 Å². The van der Waals surface area contributed by atoms with E-state index in [4.69, 9.17) is 9.47 Å². The Morgan fingerprint density at radius 1 is 1.17 bits per heavy atom. The van der Waals surface area contributed by atoms with E-state index in [2.05, 4.69) is 0 Å². The summed E-state index contributed by atoms with van der Waals surface area (Å²) < 4.78 is 36.0. The van der Waals surface area contributed by atoms with Crippen LogP contribution in [0.25, 0.3) is 0 Å². The molecule has 24 heavy (non-hydrogen) atoms. The van der Waals surface area contributed by atoms with Gasteiger partial charge >= 0.3 is 0 Å². The van der Waals surface area contributed by atoms with Gasteiger partial charge in [-0.2, -0.15) is 4.31 Å². The van der Waals surface area contributed by atoms with Gasteiger partial charge in [-0.1, -0.05) is 6.07 Å². The molecule has 0 saturated carbocycles. The van der Waals surface area contributed by atoms with Gasteiger partial charge in [-0.15, -0.1) is 0 Å². The van der Waals surface area contributed by atoms with Crippen LogP contribution in [0.2, 0.25) is 0 Å². The Morgan fingerprint density at radius 3 is 2.58 bits per heavy atom. The first kappa shape index (κ1) is 17.0. The Kier molecular flexibility index (Phi) is 4.96. The second kappa shape index (κ2) is 6.98. The molecule has 2 heterocycles. The van der Waals surface area contributed by atoms with E-state index in [1.54, 1.807) is 23.1 Å². The molecule has 1 aromatic rings. The molecule has 0 radical (unpaired) electrons. The van der Waals surface area contributed by atoms with Gasteiger partial charge in [0, 0.05) is 19.6 Å². The molecule has 1 aromatic carbocycles. The molecule has 2 aliphatic rings. The summed E-state index contributed by atoms with van der Waals surface area (Å²) in [6.07, 6.45) is 4.21. The van der Waals surface area contributed by atoms with Crippen LogP contribution in [0.1, 0.15) is 24.8 Å². The summed E-state index contributed by atoms with van der Waals surface area (Å²) in [7, 11) is -3.50. The van der Waals surface area contributed by atoms with Crippen molar-refractivity contribution in [2.45, 2.75) is 25.8 Å². The first-order valence-corrected chi connectivity index (χ1v) is 9.90. The van der Waals surface area contributed by atoms with Crippen molar-refractivity contribution in [2.24, 2.45) is 0 Å². The number of hydrogen-bond acceptors (Lipinski definition) is 5.